The van der Waals surface area contributed by atoms with Gasteiger partial charge in [-0.1, -0.05) is 6.92 Å². The van der Waals surface area contributed by atoms with Crippen molar-refractivity contribution >= 4 is 21.4 Å². The lowest BCUT2D eigenvalue weighted by Crippen LogP contribution is -2.43. The number of rotatable bonds is 7. The minimum absolute atomic E-state index is 0.0648. The first kappa shape index (κ1) is 16.9. The lowest BCUT2D eigenvalue weighted by Gasteiger charge is -2.29. The van der Waals surface area contributed by atoms with Crippen LogP contribution in [0.5, 0.6) is 0 Å². The second kappa shape index (κ2) is 7.69. The molecule has 21 heavy (non-hydrogen) atoms. The van der Waals surface area contributed by atoms with Gasteiger partial charge in [0, 0.05) is 17.5 Å². The number of nitrogens with zero attached hydrogens (tertiary/aromatic N) is 1. The summed E-state index contributed by atoms with van der Waals surface area (Å²) >= 11 is 1.36. The molecule has 0 spiro atoms. The van der Waals surface area contributed by atoms with E-state index in [0.717, 1.165) is 50.3 Å². The second-order valence-electron chi connectivity index (χ2n) is 5.60. The van der Waals surface area contributed by atoms with Gasteiger partial charge in [0.2, 0.25) is 10.0 Å². The summed E-state index contributed by atoms with van der Waals surface area (Å²) in [6, 6.07) is 3.68. The minimum atomic E-state index is -3.36. The van der Waals surface area contributed by atoms with Crippen molar-refractivity contribution < 1.29 is 8.42 Å². The quantitative estimate of drug-likeness (QED) is 0.746. The van der Waals surface area contributed by atoms with Crippen LogP contribution in [0.1, 0.15) is 31.1 Å². The van der Waals surface area contributed by atoms with Crippen molar-refractivity contribution in [2.24, 2.45) is 0 Å². The lowest BCUT2D eigenvalue weighted by molar-refractivity contribution is 0.248. The van der Waals surface area contributed by atoms with Gasteiger partial charge in [-0.05, 0) is 58.1 Å². The number of hydrogen-bond donors (Lipinski definition) is 2. The molecule has 1 aromatic rings. The molecule has 1 saturated heterocycles. The zero-order valence-electron chi connectivity index (χ0n) is 12.8. The third kappa shape index (κ3) is 5.03. The number of piperidine rings is 1. The summed E-state index contributed by atoms with van der Waals surface area (Å²) in [5.74, 6) is 0. The number of nitrogens with one attached hydrogen (secondary N) is 2. The van der Waals surface area contributed by atoms with Crippen molar-refractivity contribution in [3.8, 4) is 0 Å². The molecule has 0 atom stereocenters. The van der Waals surface area contributed by atoms with E-state index in [9.17, 15) is 8.42 Å². The molecule has 1 aliphatic rings. The highest BCUT2D eigenvalue weighted by Gasteiger charge is 2.24. The molecular formula is C14H25N3O2S2. The molecule has 1 aliphatic heterocycles. The van der Waals surface area contributed by atoms with E-state index >= 15 is 0 Å². The van der Waals surface area contributed by atoms with Gasteiger partial charge >= 0.3 is 0 Å². The average Bonchev–Trinajstić information content (AvgIpc) is 2.91. The monoisotopic (exact) mass is 331 g/mol. The molecule has 2 heterocycles. The molecule has 7 heteroatoms. The van der Waals surface area contributed by atoms with E-state index in [1.54, 1.807) is 6.07 Å². The Morgan fingerprint density at radius 2 is 2.05 bits per heavy atom. The van der Waals surface area contributed by atoms with Crippen LogP contribution in [0, 0.1) is 0 Å². The van der Waals surface area contributed by atoms with Crippen molar-refractivity contribution in [3.63, 3.8) is 0 Å². The molecule has 0 bridgehead atoms. The molecule has 2 N–H and O–H groups in total. The highest BCUT2D eigenvalue weighted by molar-refractivity contribution is 7.91. The molecule has 0 amide bonds. The molecule has 120 valence electrons. The second-order valence-corrected chi connectivity index (χ2v) is 8.71. The SMILES string of the molecule is CCCNCc1ccc(S(=O)(=O)NC2CCN(C)CC2)s1. The van der Waals surface area contributed by atoms with E-state index in [2.05, 4.69) is 28.9 Å². The number of likely N-dealkylation sites (tertiary alicyclic amines) is 1. The van der Waals surface area contributed by atoms with Crippen molar-refractivity contribution in [2.75, 3.05) is 26.7 Å². The summed E-state index contributed by atoms with van der Waals surface area (Å²) < 4.78 is 28.1. The van der Waals surface area contributed by atoms with Gasteiger partial charge in [0.1, 0.15) is 4.21 Å². The van der Waals surface area contributed by atoms with E-state index < -0.39 is 10.0 Å². The smallest absolute Gasteiger partial charge is 0.250 e. The zero-order chi connectivity index (χ0) is 15.3. The average molecular weight is 332 g/mol. The van der Waals surface area contributed by atoms with Crippen molar-refractivity contribution in [1.82, 2.24) is 14.9 Å². The molecule has 0 aromatic carbocycles. The Balaban J connectivity index is 1.93. The molecule has 2 rings (SSSR count). The summed E-state index contributed by atoms with van der Waals surface area (Å²) in [5.41, 5.74) is 0. The Morgan fingerprint density at radius 3 is 2.71 bits per heavy atom. The van der Waals surface area contributed by atoms with Gasteiger partial charge in [-0.25, -0.2) is 13.1 Å². The Bertz CT molecular complexity index is 534. The number of sulfonamides is 1. The Kier molecular flexibility index (Phi) is 6.19. The van der Waals surface area contributed by atoms with Crippen molar-refractivity contribution in [1.29, 1.82) is 0 Å². The van der Waals surface area contributed by atoms with E-state index in [1.165, 1.54) is 11.3 Å². The maximum absolute atomic E-state index is 12.4. The fraction of sp³-hybridized carbons (Fsp3) is 0.714. The van der Waals surface area contributed by atoms with Crippen molar-refractivity contribution in [3.05, 3.63) is 17.0 Å². The first-order valence-electron chi connectivity index (χ1n) is 7.51. The topological polar surface area (TPSA) is 61.4 Å². The third-order valence-corrected chi connectivity index (χ3v) is 6.77. The molecule has 5 nitrogen and oxygen atoms in total. The Morgan fingerprint density at radius 1 is 1.33 bits per heavy atom. The third-order valence-electron chi connectivity index (χ3n) is 3.67. The van der Waals surface area contributed by atoms with E-state index in [4.69, 9.17) is 0 Å². The molecule has 0 saturated carbocycles. The summed E-state index contributed by atoms with van der Waals surface area (Å²) in [6.45, 7) is 5.70. The fourth-order valence-electron chi connectivity index (χ4n) is 2.39. The molecular weight excluding hydrogens is 306 g/mol. The summed E-state index contributed by atoms with van der Waals surface area (Å²) in [7, 11) is -1.30. The standard InChI is InChI=1S/C14H25N3O2S2/c1-3-8-15-11-13-4-5-14(20-13)21(18,19)16-12-6-9-17(2)10-7-12/h4-5,12,15-16H,3,6-11H2,1-2H3. The number of thiophene rings is 1. The van der Waals surface area contributed by atoms with E-state index in [-0.39, 0.29) is 6.04 Å². The first-order chi connectivity index (χ1) is 10.0. The van der Waals surface area contributed by atoms with Gasteiger partial charge in [-0.3, -0.25) is 0 Å². The van der Waals surface area contributed by atoms with Crippen LogP contribution in [0.4, 0.5) is 0 Å². The van der Waals surface area contributed by atoms with Crippen LogP contribution in [0.15, 0.2) is 16.3 Å². The van der Waals surface area contributed by atoms with E-state index in [0.29, 0.717) is 4.21 Å². The summed E-state index contributed by atoms with van der Waals surface area (Å²) in [6.07, 6.45) is 2.84. The van der Waals surface area contributed by atoms with Crippen molar-refractivity contribution in [2.45, 2.75) is 43.0 Å². The molecule has 0 unspecified atom stereocenters. The number of hydrogen-bond acceptors (Lipinski definition) is 5. The molecule has 0 radical (unpaired) electrons. The largest absolute Gasteiger partial charge is 0.312 e. The summed E-state index contributed by atoms with van der Waals surface area (Å²) in [5, 5.41) is 3.29. The predicted molar refractivity (Wildman–Crippen MR) is 87.2 cm³/mol. The Labute approximate surface area is 131 Å². The fourth-order valence-corrected chi connectivity index (χ4v) is 5.04. The molecule has 1 aromatic heterocycles. The predicted octanol–water partition coefficient (Wildman–Crippen LogP) is 1.62. The lowest BCUT2D eigenvalue weighted by atomic mass is 10.1. The molecule has 0 aliphatic carbocycles. The van der Waals surface area contributed by atoms with Crippen LogP contribution >= 0.6 is 11.3 Å². The van der Waals surface area contributed by atoms with Crippen LogP contribution in [0.3, 0.4) is 0 Å². The maximum atomic E-state index is 12.4. The van der Waals surface area contributed by atoms with E-state index in [1.807, 2.05) is 6.07 Å². The van der Waals surface area contributed by atoms with Gasteiger partial charge < -0.3 is 10.2 Å². The van der Waals surface area contributed by atoms with Crippen LogP contribution in [0.2, 0.25) is 0 Å². The zero-order valence-corrected chi connectivity index (χ0v) is 14.4. The summed E-state index contributed by atoms with van der Waals surface area (Å²) in [4.78, 5) is 3.29. The van der Waals surface area contributed by atoms with Crippen LogP contribution in [-0.2, 0) is 16.6 Å². The van der Waals surface area contributed by atoms with Crippen LogP contribution in [0.25, 0.3) is 0 Å². The molecule has 1 fully saturated rings. The highest BCUT2D eigenvalue weighted by Crippen LogP contribution is 2.22. The van der Waals surface area contributed by atoms with Gasteiger partial charge in [-0.2, -0.15) is 0 Å². The van der Waals surface area contributed by atoms with Crippen LogP contribution in [-0.4, -0.2) is 46.0 Å². The van der Waals surface area contributed by atoms with Gasteiger partial charge in [0.15, 0.2) is 0 Å². The first-order valence-corrected chi connectivity index (χ1v) is 9.81. The van der Waals surface area contributed by atoms with Gasteiger partial charge in [-0.15, -0.1) is 11.3 Å². The van der Waals surface area contributed by atoms with Crippen LogP contribution < -0.4 is 10.0 Å². The minimum Gasteiger partial charge on any atom is -0.312 e. The Hall–Kier alpha value is -0.470. The van der Waals surface area contributed by atoms with Gasteiger partial charge in [0.25, 0.3) is 0 Å². The maximum Gasteiger partial charge on any atom is 0.250 e. The van der Waals surface area contributed by atoms with Gasteiger partial charge in [0.05, 0.1) is 0 Å². The normalized spacial score (nSPS) is 18.2. The highest BCUT2D eigenvalue weighted by atomic mass is 32.2.